The molecule has 1 N–H and O–H groups in total. The molecule has 0 heterocycles. The Morgan fingerprint density at radius 3 is 2.22 bits per heavy atom. The lowest BCUT2D eigenvalue weighted by Gasteiger charge is -2.30. The van der Waals surface area contributed by atoms with Crippen molar-refractivity contribution in [1.82, 2.24) is 4.72 Å². The molecule has 1 fully saturated rings. The van der Waals surface area contributed by atoms with E-state index in [9.17, 15) is 8.42 Å². The molecule has 0 aliphatic heterocycles. The van der Waals surface area contributed by atoms with Gasteiger partial charge in [-0.1, -0.05) is 49.5 Å². The van der Waals surface area contributed by atoms with E-state index in [1.54, 1.807) is 0 Å². The van der Waals surface area contributed by atoms with E-state index in [1.807, 2.05) is 20.8 Å². The van der Waals surface area contributed by atoms with Crippen LogP contribution in [0.25, 0.3) is 0 Å². The van der Waals surface area contributed by atoms with Gasteiger partial charge in [0.05, 0.1) is 5.75 Å². The summed E-state index contributed by atoms with van der Waals surface area (Å²) >= 11 is 3.54. The van der Waals surface area contributed by atoms with Crippen LogP contribution < -0.4 is 4.72 Å². The predicted octanol–water partition coefficient (Wildman–Crippen LogP) is 3.15. The molecule has 0 bridgehead atoms. The average molecular weight is 340 g/mol. The van der Waals surface area contributed by atoms with Gasteiger partial charge in [-0.15, -0.1) is 0 Å². The molecule has 0 spiro atoms. The third kappa shape index (κ3) is 6.02. The molecule has 2 unspecified atom stereocenters. The van der Waals surface area contributed by atoms with Gasteiger partial charge in [-0.2, -0.15) is 0 Å². The number of sulfonamides is 1. The molecule has 1 aliphatic carbocycles. The molecule has 1 rings (SSSR count). The Labute approximate surface area is 120 Å². The van der Waals surface area contributed by atoms with Gasteiger partial charge >= 0.3 is 0 Å². The zero-order valence-corrected chi connectivity index (χ0v) is 14.1. The minimum absolute atomic E-state index is 0.187. The van der Waals surface area contributed by atoms with Crippen molar-refractivity contribution in [2.75, 3.05) is 17.6 Å². The van der Waals surface area contributed by atoms with Crippen LogP contribution in [-0.2, 0) is 10.0 Å². The van der Waals surface area contributed by atoms with Crippen LogP contribution in [-0.4, -0.2) is 26.0 Å². The summed E-state index contributed by atoms with van der Waals surface area (Å²) in [5, 5.41) is 0.985. The van der Waals surface area contributed by atoms with Gasteiger partial charge in [0.2, 0.25) is 10.0 Å². The predicted molar refractivity (Wildman–Crippen MR) is 80.5 cm³/mol. The maximum atomic E-state index is 12.0. The van der Waals surface area contributed by atoms with E-state index in [4.69, 9.17) is 0 Å². The third-order valence-corrected chi connectivity index (χ3v) is 6.14. The van der Waals surface area contributed by atoms with Crippen LogP contribution in [0.3, 0.4) is 0 Å². The van der Waals surface area contributed by atoms with Gasteiger partial charge in [0.1, 0.15) is 0 Å². The van der Waals surface area contributed by atoms with E-state index >= 15 is 0 Å². The minimum atomic E-state index is -3.14. The maximum absolute atomic E-state index is 12.0. The van der Waals surface area contributed by atoms with Gasteiger partial charge in [0, 0.05) is 11.9 Å². The monoisotopic (exact) mass is 339 g/mol. The molecule has 2 atom stereocenters. The fourth-order valence-electron chi connectivity index (χ4n) is 2.61. The Morgan fingerprint density at radius 2 is 1.72 bits per heavy atom. The summed E-state index contributed by atoms with van der Waals surface area (Å²) in [7, 11) is -3.14. The second-order valence-electron chi connectivity index (χ2n) is 6.63. The summed E-state index contributed by atoms with van der Waals surface area (Å²) in [6.07, 6.45) is 4.88. The van der Waals surface area contributed by atoms with E-state index < -0.39 is 10.0 Å². The molecule has 0 aromatic carbocycles. The Morgan fingerprint density at radius 1 is 1.17 bits per heavy atom. The highest BCUT2D eigenvalue weighted by atomic mass is 79.9. The third-order valence-electron chi connectivity index (χ3n) is 3.45. The van der Waals surface area contributed by atoms with E-state index in [-0.39, 0.29) is 11.2 Å². The Kier molecular flexibility index (Phi) is 6.13. The van der Waals surface area contributed by atoms with Crippen molar-refractivity contribution in [1.29, 1.82) is 0 Å². The number of rotatable bonds is 5. The summed E-state index contributed by atoms with van der Waals surface area (Å²) in [6.45, 7) is 6.46. The number of alkyl halides is 1. The molecule has 0 aromatic heterocycles. The smallest absolute Gasteiger partial charge is 0.212 e. The minimum Gasteiger partial charge on any atom is -0.215 e. The lowest BCUT2D eigenvalue weighted by atomic mass is 9.80. The van der Waals surface area contributed by atoms with Crippen LogP contribution in [0.5, 0.6) is 0 Å². The normalized spacial score (nSPS) is 26.2. The van der Waals surface area contributed by atoms with Crippen molar-refractivity contribution < 1.29 is 8.42 Å². The molecule has 0 radical (unpaired) electrons. The van der Waals surface area contributed by atoms with Crippen LogP contribution in [0.15, 0.2) is 0 Å². The second-order valence-corrected chi connectivity index (χ2v) is 9.08. The molecule has 1 saturated carbocycles. The Hall–Kier alpha value is 0.390. The van der Waals surface area contributed by atoms with Crippen LogP contribution >= 0.6 is 15.9 Å². The molecule has 18 heavy (non-hydrogen) atoms. The zero-order chi connectivity index (χ0) is 13.8. The number of nitrogens with one attached hydrogen (secondary N) is 1. The first-order valence-corrected chi connectivity index (χ1v) is 9.54. The largest absolute Gasteiger partial charge is 0.215 e. The average Bonchev–Trinajstić information content (AvgIpc) is 2.23. The molecule has 0 amide bonds. The molecule has 108 valence electrons. The first-order chi connectivity index (χ1) is 8.23. The van der Waals surface area contributed by atoms with Crippen LogP contribution in [0, 0.1) is 17.3 Å². The molecule has 0 aromatic rings. The molecule has 0 saturated heterocycles. The van der Waals surface area contributed by atoms with E-state index in [0.29, 0.717) is 18.4 Å². The van der Waals surface area contributed by atoms with Crippen LogP contribution in [0.2, 0.25) is 0 Å². The van der Waals surface area contributed by atoms with Crippen LogP contribution in [0.4, 0.5) is 0 Å². The maximum Gasteiger partial charge on any atom is 0.212 e. The highest BCUT2D eigenvalue weighted by molar-refractivity contribution is 9.09. The highest BCUT2D eigenvalue weighted by Crippen LogP contribution is 2.31. The standard InChI is InChI=1S/C13H26BrNO2S/c1-13(2,3)10-18(16,17)15-9-12-7-5-4-6-11(12)8-14/h11-12,15H,4-10H2,1-3H3. The molecule has 3 nitrogen and oxygen atoms in total. The summed E-state index contributed by atoms with van der Waals surface area (Å²) in [5.41, 5.74) is -0.187. The Bertz CT molecular complexity index is 348. The summed E-state index contributed by atoms with van der Waals surface area (Å²) < 4.78 is 26.7. The van der Waals surface area contributed by atoms with Crippen LogP contribution in [0.1, 0.15) is 46.5 Å². The molecular weight excluding hydrogens is 314 g/mol. The van der Waals surface area contributed by atoms with Gasteiger partial charge in [0.25, 0.3) is 0 Å². The van der Waals surface area contributed by atoms with Crippen molar-refractivity contribution >= 4 is 26.0 Å². The first-order valence-electron chi connectivity index (χ1n) is 6.77. The fraction of sp³-hybridized carbons (Fsp3) is 1.00. The van der Waals surface area contributed by atoms with Gasteiger partial charge in [0.15, 0.2) is 0 Å². The lowest BCUT2D eigenvalue weighted by Crippen LogP contribution is -2.38. The molecule has 5 heteroatoms. The van der Waals surface area contributed by atoms with Crippen molar-refractivity contribution in [2.45, 2.75) is 46.5 Å². The lowest BCUT2D eigenvalue weighted by molar-refractivity contribution is 0.263. The van der Waals surface area contributed by atoms with Gasteiger partial charge in [-0.3, -0.25) is 0 Å². The topological polar surface area (TPSA) is 46.2 Å². The number of hydrogen-bond donors (Lipinski definition) is 1. The van der Waals surface area contributed by atoms with Gasteiger partial charge in [-0.05, 0) is 30.1 Å². The molecule has 1 aliphatic rings. The highest BCUT2D eigenvalue weighted by Gasteiger charge is 2.27. The Balaban J connectivity index is 2.48. The van der Waals surface area contributed by atoms with Gasteiger partial charge < -0.3 is 0 Å². The van der Waals surface area contributed by atoms with E-state index in [0.717, 1.165) is 11.8 Å². The quantitative estimate of drug-likeness (QED) is 0.782. The van der Waals surface area contributed by atoms with Gasteiger partial charge in [-0.25, -0.2) is 13.1 Å². The van der Waals surface area contributed by atoms with Crippen molar-refractivity contribution in [3.63, 3.8) is 0 Å². The summed E-state index contributed by atoms with van der Waals surface area (Å²) in [4.78, 5) is 0. The van der Waals surface area contributed by atoms with Crippen molar-refractivity contribution in [3.8, 4) is 0 Å². The van der Waals surface area contributed by atoms with E-state index in [2.05, 4.69) is 20.7 Å². The summed E-state index contributed by atoms with van der Waals surface area (Å²) in [5.74, 6) is 1.31. The number of hydrogen-bond acceptors (Lipinski definition) is 2. The summed E-state index contributed by atoms with van der Waals surface area (Å²) in [6, 6.07) is 0. The van der Waals surface area contributed by atoms with Crippen molar-refractivity contribution in [3.05, 3.63) is 0 Å². The SMILES string of the molecule is CC(C)(C)CS(=O)(=O)NCC1CCCCC1CBr. The zero-order valence-electron chi connectivity index (χ0n) is 11.7. The molecular formula is C13H26BrNO2S. The van der Waals surface area contributed by atoms with Crippen molar-refractivity contribution in [2.24, 2.45) is 17.3 Å². The van der Waals surface area contributed by atoms with E-state index in [1.165, 1.54) is 19.3 Å². The number of halogens is 1. The fourth-order valence-corrected chi connectivity index (χ4v) is 5.17. The first kappa shape index (κ1) is 16.4. The second kappa shape index (κ2) is 6.71.